The molecule has 22 heavy (non-hydrogen) atoms. The van der Waals surface area contributed by atoms with E-state index in [0.29, 0.717) is 31.4 Å². The molecule has 6 heteroatoms. The lowest BCUT2D eigenvalue weighted by atomic mass is 9.86. The summed E-state index contributed by atoms with van der Waals surface area (Å²) in [5, 5.41) is 11.9. The van der Waals surface area contributed by atoms with E-state index < -0.39 is 12.1 Å². The van der Waals surface area contributed by atoms with Crippen LogP contribution in [0, 0.1) is 5.92 Å². The molecule has 2 rings (SSSR count). The van der Waals surface area contributed by atoms with E-state index in [4.69, 9.17) is 9.84 Å². The third-order valence-electron chi connectivity index (χ3n) is 3.92. The Labute approximate surface area is 138 Å². The van der Waals surface area contributed by atoms with E-state index in [1.54, 1.807) is 19.1 Å². The van der Waals surface area contributed by atoms with Crippen LogP contribution in [-0.2, 0) is 9.59 Å². The summed E-state index contributed by atoms with van der Waals surface area (Å²) in [6.45, 7) is 1.71. The summed E-state index contributed by atoms with van der Waals surface area (Å²) < 4.78 is 6.56. The third-order valence-corrected chi connectivity index (χ3v) is 4.45. The fraction of sp³-hybridized carbons (Fsp3) is 0.500. The van der Waals surface area contributed by atoms with Crippen LogP contribution in [0.25, 0.3) is 0 Å². The van der Waals surface area contributed by atoms with Crippen molar-refractivity contribution in [2.45, 2.75) is 44.8 Å². The van der Waals surface area contributed by atoms with Crippen molar-refractivity contribution in [3.8, 4) is 5.75 Å². The number of halogens is 1. The SMILES string of the molecule is CC(Oc1ccc(Br)cc1)C(=O)NC1CCC(C(=O)O)CC1. The first-order chi connectivity index (χ1) is 10.5. The maximum absolute atomic E-state index is 12.1. The van der Waals surface area contributed by atoms with E-state index in [2.05, 4.69) is 21.2 Å². The molecule has 0 saturated heterocycles. The number of benzene rings is 1. The van der Waals surface area contributed by atoms with Gasteiger partial charge in [-0.25, -0.2) is 0 Å². The number of ether oxygens (including phenoxy) is 1. The molecule has 0 aliphatic heterocycles. The highest BCUT2D eigenvalue weighted by Crippen LogP contribution is 2.24. The molecule has 1 aromatic carbocycles. The molecule has 5 nitrogen and oxygen atoms in total. The quantitative estimate of drug-likeness (QED) is 0.836. The first-order valence-electron chi connectivity index (χ1n) is 7.41. The topological polar surface area (TPSA) is 75.6 Å². The van der Waals surface area contributed by atoms with Gasteiger partial charge in [0.25, 0.3) is 5.91 Å². The van der Waals surface area contributed by atoms with Crippen LogP contribution in [0.3, 0.4) is 0 Å². The molecule has 2 N–H and O–H groups in total. The summed E-state index contributed by atoms with van der Waals surface area (Å²) in [4.78, 5) is 23.0. The molecular weight excluding hydrogens is 350 g/mol. The molecule has 0 radical (unpaired) electrons. The Bertz CT molecular complexity index is 523. The van der Waals surface area contributed by atoms with Gasteiger partial charge in [-0.15, -0.1) is 0 Å². The molecule has 1 amide bonds. The Morgan fingerprint density at radius 2 is 1.82 bits per heavy atom. The summed E-state index contributed by atoms with van der Waals surface area (Å²) in [6, 6.07) is 7.34. The molecule has 1 fully saturated rings. The molecule has 1 aliphatic carbocycles. The molecule has 1 aromatic rings. The van der Waals surface area contributed by atoms with Crippen molar-refractivity contribution >= 4 is 27.8 Å². The lowest BCUT2D eigenvalue weighted by Gasteiger charge is -2.27. The van der Waals surface area contributed by atoms with Crippen LogP contribution in [-0.4, -0.2) is 29.1 Å². The number of carboxylic acids is 1. The first kappa shape index (κ1) is 16.8. The smallest absolute Gasteiger partial charge is 0.306 e. The van der Waals surface area contributed by atoms with Gasteiger partial charge in [-0.3, -0.25) is 9.59 Å². The fourth-order valence-corrected chi connectivity index (χ4v) is 2.84. The normalized spacial score (nSPS) is 22.6. The van der Waals surface area contributed by atoms with Crippen molar-refractivity contribution in [2.75, 3.05) is 0 Å². The summed E-state index contributed by atoms with van der Waals surface area (Å²) >= 11 is 3.34. The zero-order chi connectivity index (χ0) is 16.1. The molecule has 0 aromatic heterocycles. The van der Waals surface area contributed by atoms with Crippen LogP contribution < -0.4 is 10.1 Å². The van der Waals surface area contributed by atoms with Gasteiger partial charge in [0.05, 0.1) is 5.92 Å². The molecule has 0 bridgehead atoms. The van der Waals surface area contributed by atoms with Gasteiger partial charge in [0.15, 0.2) is 6.10 Å². The Balaban J connectivity index is 1.79. The van der Waals surface area contributed by atoms with E-state index in [1.807, 2.05) is 12.1 Å². The average Bonchev–Trinajstić information content (AvgIpc) is 2.50. The van der Waals surface area contributed by atoms with Gasteiger partial charge in [0, 0.05) is 10.5 Å². The van der Waals surface area contributed by atoms with Crippen LogP contribution in [0.1, 0.15) is 32.6 Å². The minimum Gasteiger partial charge on any atom is -0.481 e. The highest BCUT2D eigenvalue weighted by Gasteiger charge is 2.27. The Hall–Kier alpha value is -1.56. The molecular formula is C16H20BrNO4. The number of nitrogens with one attached hydrogen (secondary N) is 1. The molecule has 1 saturated carbocycles. The zero-order valence-corrected chi connectivity index (χ0v) is 14.0. The van der Waals surface area contributed by atoms with Gasteiger partial charge in [-0.05, 0) is 56.9 Å². The number of hydrogen-bond donors (Lipinski definition) is 2. The molecule has 0 heterocycles. The summed E-state index contributed by atoms with van der Waals surface area (Å²) in [7, 11) is 0. The summed E-state index contributed by atoms with van der Waals surface area (Å²) in [6.07, 6.45) is 2.05. The molecule has 120 valence electrons. The van der Waals surface area contributed by atoms with Crippen LogP contribution in [0.15, 0.2) is 28.7 Å². The standard InChI is InChI=1S/C16H20BrNO4/c1-10(22-14-8-4-12(17)5-9-14)15(19)18-13-6-2-11(3-7-13)16(20)21/h4-5,8-11,13H,2-3,6-7H2,1H3,(H,18,19)(H,20,21). The van der Waals surface area contributed by atoms with Crippen LogP contribution in [0.4, 0.5) is 0 Å². The van der Waals surface area contributed by atoms with E-state index in [9.17, 15) is 9.59 Å². The van der Waals surface area contributed by atoms with E-state index in [0.717, 1.165) is 4.47 Å². The maximum atomic E-state index is 12.1. The van der Waals surface area contributed by atoms with Crippen molar-refractivity contribution in [1.29, 1.82) is 0 Å². The lowest BCUT2D eigenvalue weighted by Crippen LogP contribution is -2.44. The number of carbonyl (C=O) groups excluding carboxylic acids is 1. The van der Waals surface area contributed by atoms with Crippen LogP contribution >= 0.6 is 15.9 Å². The van der Waals surface area contributed by atoms with Crippen LogP contribution in [0.2, 0.25) is 0 Å². The Morgan fingerprint density at radius 1 is 1.23 bits per heavy atom. The van der Waals surface area contributed by atoms with Gasteiger partial charge < -0.3 is 15.2 Å². The lowest BCUT2D eigenvalue weighted by molar-refractivity contribution is -0.142. The number of carboxylic acid groups (broad SMARTS) is 1. The van der Waals surface area contributed by atoms with Crippen LogP contribution in [0.5, 0.6) is 5.75 Å². The highest BCUT2D eigenvalue weighted by molar-refractivity contribution is 9.10. The molecule has 1 unspecified atom stereocenters. The fourth-order valence-electron chi connectivity index (χ4n) is 2.57. The monoisotopic (exact) mass is 369 g/mol. The second kappa shape index (κ2) is 7.63. The molecule has 1 atom stereocenters. The Kier molecular flexibility index (Phi) is 5.83. The minimum absolute atomic E-state index is 0.0408. The average molecular weight is 370 g/mol. The first-order valence-corrected chi connectivity index (χ1v) is 8.20. The van der Waals surface area contributed by atoms with Gasteiger partial charge in [0.2, 0.25) is 0 Å². The zero-order valence-electron chi connectivity index (χ0n) is 12.4. The second-order valence-corrected chi connectivity index (χ2v) is 6.53. The predicted molar refractivity (Wildman–Crippen MR) is 85.8 cm³/mol. The maximum Gasteiger partial charge on any atom is 0.306 e. The van der Waals surface area contributed by atoms with Crippen molar-refractivity contribution in [1.82, 2.24) is 5.32 Å². The van der Waals surface area contributed by atoms with Gasteiger partial charge in [-0.1, -0.05) is 15.9 Å². The summed E-state index contributed by atoms with van der Waals surface area (Å²) in [5.41, 5.74) is 0. The van der Waals surface area contributed by atoms with Gasteiger partial charge in [-0.2, -0.15) is 0 Å². The predicted octanol–water partition coefficient (Wildman–Crippen LogP) is 2.98. The highest BCUT2D eigenvalue weighted by atomic mass is 79.9. The van der Waals surface area contributed by atoms with E-state index >= 15 is 0 Å². The van der Waals surface area contributed by atoms with Gasteiger partial charge >= 0.3 is 5.97 Å². The molecule has 0 spiro atoms. The number of hydrogen-bond acceptors (Lipinski definition) is 3. The third kappa shape index (κ3) is 4.73. The second-order valence-electron chi connectivity index (χ2n) is 5.61. The van der Waals surface area contributed by atoms with E-state index in [1.165, 1.54) is 0 Å². The molecule has 1 aliphatic rings. The van der Waals surface area contributed by atoms with Crippen molar-refractivity contribution in [3.05, 3.63) is 28.7 Å². The largest absolute Gasteiger partial charge is 0.481 e. The number of rotatable bonds is 5. The summed E-state index contributed by atoms with van der Waals surface area (Å²) in [5.74, 6) is -0.538. The Morgan fingerprint density at radius 3 is 2.36 bits per heavy atom. The minimum atomic E-state index is -0.739. The van der Waals surface area contributed by atoms with E-state index in [-0.39, 0.29) is 17.9 Å². The number of amides is 1. The number of carbonyl (C=O) groups is 2. The number of aliphatic carboxylic acids is 1. The van der Waals surface area contributed by atoms with Gasteiger partial charge in [0.1, 0.15) is 5.75 Å². The van der Waals surface area contributed by atoms with Crippen molar-refractivity contribution in [3.63, 3.8) is 0 Å². The van der Waals surface area contributed by atoms with Crippen molar-refractivity contribution < 1.29 is 19.4 Å². The van der Waals surface area contributed by atoms with Crippen molar-refractivity contribution in [2.24, 2.45) is 5.92 Å².